The summed E-state index contributed by atoms with van der Waals surface area (Å²) in [7, 11) is 0. The van der Waals surface area contributed by atoms with Crippen molar-refractivity contribution in [3.05, 3.63) is 33.8 Å². The zero-order valence-corrected chi connectivity index (χ0v) is 12.9. The Kier molecular flexibility index (Phi) is 3.98. The van der Waals surface area contributed by atoms with Crippen LogP contribution >= 0.6 is 11.3 Å². The van der Waals surface area contributed by atoms with Crippen molar-refractivity contribution >= 4 is 11.3 Å². The molecule has 21 heavy (non-hydrogen) atoms. The fraction of sp³-hybridized carbons (Fsp3) is 0.400. The lowest BCUT2D eigenvalue weighted by Gasteiger charge is -2.12. The lowest BCUT2D eigenvalue weighted by molar-refractivity contribution is 0.174. The number of thiazole rings is 1. The summed E-state index contributed by atoms with van der Waals surface area (Å²) in [4.78, 5) is 5.71. The van der Waals surface area contributed by atoms with Crippen LogP contribution in [-0.4, -0.2) is 16.9 Å². The van der Waals surface area contributed by atoms with Gasteiger partial charge in [-0.2, -0.15) is 0 Å². The first-order chi connectivity index (χ1) is 10.2. The molecule has 6 heteroatoms. The summed E-state index contributed by atoms with van der Waals surface area (Å²) in [6, 6.07) is 3.55. The van der Waals surface area contributed by atoms with Crippen LogP contribution in [0.4, 0.5) is 0 Å². The third kappa shape index (κ3) is 2.96. The Bertz CT molecular complexity index is 642. The van der Waals surface area contributed by atoms with Crippen molar-refractivity contribution in [2.45, 2.75) is 32.9 Å². The maximum Gasteiger partial charge on any atom is 0.231 e. The van der Waals surface area contributed by atoms with Crippen LogP contribution in [0.2, 0.25) is 0 Å². The van der Waals surface area contributed by atoms with Crippen LogP contribution in [-0.2, 0) is 13.0 Å². The molecular formula is C15H18N2O3S. The van der Waals surface area contributed by atoms with Crippen LogP contribution in [0, 0.1) is 0 Å². The van der Waals surface area contributed by atoms with E-state index in [1.54, 1.807) is 17.4 Å². The summed E-state index contributed by atoms with van der Waals surface area (Å²) in [5.41, 5.74) is 0.790. The number of ether oxygens (including phenoxy) is 2. The van der Waals surface area contributed by atoms with Gasteiger partial charge in [-0.1, -0.05) is 6.92 Å². The molecule has 0 bridgehead atoms. The van der Waals surface area contributed by atoms with Crippen molar-refractivity contribution in [1.82, 2.24) is 10.3 Å². The van der Waals surface area contributed by atoms with E-state index in [1.807, 2.05) is 12.3 Å². The van der Waals surface area contributed by atoms with Crippen molar-refractivity contribution in [3.63, 3.8) is 0 Å². The van der Waals surface area contributed by atoms with Gasteiger partial charge in [0.1, 0.15) is 10.8 Å². The highest BCUT2D eigenvalue weighted by atomic mass is 32.1. The van der Waals surface area contributed by atoms with Gasteiger partial charge in [0.15, 0.2) is 11.5 Å². The summed E-state index contributed by atoms with van der Waals surface area (Å²) in [6.07, 6.45) is 2.93. The van der Waals surface area contributed by atoms with Crippen LogP contribution < -0.4 is 14.8 Å². The smallest absolute Gasteiger partial charge is 0.231 e. The number of aromatic hydroxyl groups is 1. The molecule has 2 aromatic rings. The third-order valence-electron chi connectivity index (χ3n) is 3.46. The quantitative estimate of drug-likeness (QED) is 0.889. The Morgan fingerprint density at radius 3 is 2.86 bits per heavy atom. The minimum atomic E-state index is 0.139. The molecule has 0 saturated heterocycles. The molecular weight excluding hydrogens is 288 g/mol. The Labute approximate surface area is 127 Å². The second-order valence-corrected chi connectivity index (χ2v) is 6.10. The monoisotopic (exact) mass is 306 g/mol. The average Bonchev–Trinajstić information content (AvgIpc) is 3.12. The number of nitrogens with one attached hydrogen (secondary N) is 1. The molecule has 1 atom stereocenters. The lowest BCUT2D eigenvalue weighted by atomic mass is 10.1. The minimum absolute atomic E-state index is 0.139. The molecule has 1 aliphatic heterocycles. The molecule has 0 spiro atoms. The number of aryl methyl sites for hydroxylation is 1. The van der Waals surface area contributed by atoms with E-state index in [9.17, 15) is 5.11 Å². The van der Waals surface area contributed by atoms with E-state index >= 15 is 0 Å². The molecule has 0 radical (unpaired) electrons. The zero-order chi connectivity index (χ0) is 14.8. The van der Waals surface area contributed by atoms with E-state index in [4.69, 9.17) is 9.47 Å². The number of phenolic OH excluding ortho intramolecular Hbond substituents is 1. The summed E-state index contributed by atoms with van der Waals surface area (Å²) in [5.74, 6) is 1.49. The number of hydrogen-bond donors (Lipinski definition) is 2. The van der Waals surface area contributed by atoms with Gasteiger partial charge < -0.3 is 19.9 Å². The highest BCUT2D eigenvalue weighted by molar-refractivity contribution is 7.11. The predicted octanol–water partition coefficient (Wildman–Crippen LogP) is 2.99. The van der Waals surface area contributed by atoms with Crippen molar-refractivity contribution in [3.8, 4) is 17.2 Å². The topological polar surface area (TPSA) is 63.6 Å². The van der Waals surface area contributed by atoms with E-state index in [1.165, 1.54) is 4.88 Å². The van der Waals surface area contributed by atoms with Gasteiger partial charge in [-0.3, -0.25) is 0 Å². The van der Waals surface area contributed by atoms with Crippen molar-refractivity contribution in [2.24, 2.45) is 0 Å². The van der Waals surface area contributed by atoms with E-state index in [2.05, 4.69) is 24.1 Å². The van der Waals surface area contributed by atoms with Crippen molar-refractivity contribution < 1.29 is 14.6 Å². The van der Waals surface area contributed by atoms with Crippen molar-refractivity contribution in [2.75, 3.05) is 6.79 Å². The molecule has 112 valence electrons. The second-order valence-electron chi connectivity index (χ2n) is 4.96. The van der Waals surface area contributed by atoms with Crippen LogP contribution in [0.3, 0.4) is 0 Å². The molecule has 0 saturated carbocycles. The Morgan fingerprint density at radius 2 is 2.14 bits per heavy atom. The number of rotatable bonds is 5. The molecule has 0 amide bonds. The van der Waals surface area contributed by atoms with Crippen molar-refractivity contribution in [1.29, 1.82) is 0 Å². The first-order valence-electron chi connectivity index (χ1n) is 6.97. The third-order valence-corrected chi connectivity index (χ3v) is 4.79. The summed E-state index contributed by atoms with van der Waals surface area (Å²) >= 11 is 1.72. The van der Waals surface area contributed by atoms with Gasteiger partial charge in [0, 0.05) is 29.2 Å². The summed E-state index contributed by atoms with van der Waals surface area (Å²) in [6.45, 7) is 4.95. The average molecular weight is 306 g/mol. The number of aromatic nitrogens is 1. The lowest BCUT2D eigenvalue weighted by Crippen LogP contribution is -2.17. The number of benzene rings is 1. The number of phenols is 1. The van der Waals surface area contributed by atoms with Gasteiger partial charge in [0.05, 0.1) is 6.04 Å². The van der Waals surface area contributed by atoms with Crippen LogP contribution in [0.15, 0.2) is 18.3 Å². The molecule has 2 N–H and O–H groups in total. The number of nitrogens with zero attached hydrogens (tertiary/aromatic N) is 1. The first kappa shape index (κ1) is 14.2. The Balaban J connectivity index is 1.67. The van der Waals surface area contributed by atoms with Crippen LogP contribution in [0.25, 0.3) is 0 Å². The van der Waals surface area contributed by atoms with Gasteiger partial charge in [-0.15, -0.1) is 11.3 Å². The highest BCUT2D eigenvalue weighted by Crippen LogP contribution is 2.37. The molecule has 1 aromatic carbocycles. The summed E-state index contributed by atoms with van der Waals surface area (Å²) in [5, 5.41) is 14.5. The minimum Gasteiger partial charge on any atom is -0.507 e. The molecule has 3 rings (SSSR count). The largest absolute Gasteiger partial charge is 0.507 e. The van der Waals surface area contributed by atoms with Gasteiger partial charge in [-0.05, 0) is 19.4 Å². The Morgan fingerprint density at radius 1 is 1.38 bits per heavy atom. The highest BCUT2D eigenvalue weighted by Gasteiger charge is 2.17. The second kappa shape index (κ2) is 5.91. The van der Waals surface area contributed by atoms with E-state index in [0.29, 0.717) is 18.0 Å². The molecule has 0 aliphatic carbocycles. The molecule has 1 aromatic heterocycles. The predicted molar refractivity (Wildman–Crippen MR) is 81.0 cm³/mol. The molecule has 2 heterocycles. The number of fused-ring (bicyclic) bond motifs is 1. The maximum absolute atomic E-state index is 10.0. The maximum atomic E-state index is 10.0. The van der Waals surface area contributed by atoms with Crippen LogP contribution in [0.5, 0.6) is 17.2 Å². The van der Waals surface area contributed by atoms with E-state index in [-0.39, 0.29) is 18.6 Å². The van der Waals surface area contributed by atoms with Gasteiger partial charge >= 0.3 is 0 Å². The fourth-order valence-corrected chi connectivity index (χ4v) is 3.04. The van der Waals surface area contributed by atoms with Gasteiger partial charge in [0.2, 0.25) is 6.79 Å². The molecule has 0 fully saturated rings. The van der Waals surface area contributed by atoms with E-state index < -0.39 is 0 Å². The molecule has 5 nitrogen and oxygen atoms in total. The van der Waals surface area contributed by atoms with Gasteiger partial charge in [0.25, 0.3) is 0 Å². The fourth-order valence-electron chi connectivity index (χ4n) is 2.15. The Hall–Kier alpha value is -1.79. The van der Waals surface area contributed by atoms with Crippen LogP contribution in [0.1, 0.15) is 35.3 Å². The molecule has 1 aliphatic rings. The standard InChI is InChI=1S/C15H18N2O3S/c1-3-11-7-17-15(21-11)9(2)16-6-10-4-13-14(5-12(10)18)20-8-19-13/h4-5,7,9,16,18H,3,6,8H2,1-2H3. The van der Waals surface area contributed by atoms with Gasteiger partial charge in [-0.25, -0.2) is 4.98 Å². The summed E-state index contributed by atoms with van der Waals surface area (Å²) < 4.78 is 10.6. The molecule has 1 unspecified atom stereocenters. The first-order valence-corrected chi connectivity index (χ1v) is 7.78. The van der Waals surface area contributed by atoms with E-state index in [0.717, 1.165) is 17.0 Å². The zero-order valence-electron chi connectivity index (χ0n) is 12.0. The number of hydrogen-bond acceptors (Lipinski definition) is 6. The SMILES string of the molecule is CCc1cnc(C(C)NCc2cc3c(cc2O)OCO3)s1. The normalized spacial score (nSPS) is 14.4.